The van der Waals surface area contributed by atoms with Gasteiger partial charge < -0.3 is 4.48 Å². The number of quaternary nitrogens is 1. The molecule has 0 atom stereocenters. The van der Waals surface area contributed by atoms with Crippen LogP contribution in [0.4, 0.5) is 0 Å². The lowest BCUT2D eigenvalue weighted by atomic mass is 11.0. The molecule has 0 N–H and O–H groups in total. The van der Waals surface area contributed by atoms with E-state index in [9.17, 15) is 0 Å². The van der Waals surface area contributed by atoms with Gasteiger partial charge in [0.2, 0.25) is 0 Å². The topological polar surface area (TPSA) is 0 Å². The second kappa shape index (κ2) is 0.350. The van der Waals surface area contributed by atoms with Crippen LogP contribution in [-0.2, 0) is 0 Å². The lowest BCUT2D eigenvalue weighted by molar-refractivity contribution is -0.648. The van der Waals surface area contributed by atoms with Crippen molar-refractivity contribution >= 4 is 0 Å². The second-order valence-corrected chi connectivity index (χ2v) is 2.24. The number of rotatable bonds is 0. The molecule has 0 radical (unpaired) electrons. The van der Waals surface area contributed by atoms with Crippen molar-refractivity contribution in [1.29, 1.82) is 0 Å². The molecule has 5 heavy (non-hydrogen) atoms. The van der Waals surface area contributed by atoms with Gasteiger partial charge in [-0.25, -0.2) is 0 Å². The zero-order valence-electron chi connectivity index (χ0n) is 3.28. The molecule has 2 fully saturated rings. The van der Waals surface area contributed by atoms with Gasteiger partial charge in [-0.3, -0.25) is 0 Å². The average Bonchev–Trinajstić information content (AvgIpc) is 2.17. The Balaban J connectivity index is 2.30. The third-order valence-corrected chi connectivity index (χ3v) is 1.71. The van der Waals surface area contributed by atoms with Crippen LogP contribution in [-0.4, -0.2) is 30.7 Å². The van der Waals surface area contributed by atoms with Crippen LogP contribution in [0.3, 0.4) is 0 Å². The highest BCUT2D eigenvalue weighted by atomic mass is 15.6. The molecule has 1 heteroatoms. The van der Waals surface area contributed by atoms with E-state index in [1.807, 2.05) is 0 Å². The molecule has 0 aliphatic carbocycles. The van der Waals surface area contributed by atoms with Crippen LogP contribution < -0.4 is 0 Å². The smallest absolute Gasteiger partial charge is 0.129 e. The summed E-state index contributed by atoms with van der Waals surface area (Å²) in [6.07, 6.45) is 0. The van der Waals surface area contributed by atoms with Gasteiger partial charge in [-0.2, -0.15) is 0 Å². The summed E-state index contributed by atoms with van der Waals surface area (Å²) in [5.74, 6) is 0. The maximum absolute atomic E-state index is 1.50. The molecule has 0 bridgehead atoms. The van der Waals surface area contributed by atoms with Crippen LogP contribution in [0, 0.1) is 0 Å². The van der Waals surface area contributed by atoms with E-state index < -0.39 is 0 Å². The van der Waals surface area contributed by atoms with Gasteiger partial charge in [0, 0.05) is 0 Å². The molecular formula is C4H8N+. The standard InChI is InChI=1S/C4H8N/c1-2-5(1)3-4-5/h1-4H2/q+1. The third kappa shape index (κ3) is 0.153. The van der Waals surface area contributed by atoms with E-state index in [1.165, 1.54) is 30.7 Å². The van der Waals surface area contributed by atoms with Gasteiger partial charge in [-0.1, -0.05) is 0 Å². The summed E-state index contributed by atoms with van der Waals surface area (Å²) >= 11 is 0. The maximum atomic E-state index is 1.50. The van der Waals surface area contributed by atoms with Gasteiger partial charge in [-0.15, -0.1) is 0 Å². The fourth-order valence-electron chi connectivity index (χ4n) is 0.730. The van der Waals surface area contributed by atoms with E-state index in [4.69, 9.17) is 0 Å². The summed E-state index contributed by atoms with van der Waals surface area (Å²) in [5, 5.41) is 0. The molecule has 0 aromatic rings. The van der Waals surface area contributed by atoms with Gasteiger partial charge in [0.05, 0.1) is 0 Å². The summed E-state index contributed by atoms with van der Waals surface area (Å²) in [7, 11) is 0. The van der Waals surface area contributed by atoms with Crippen LogP contribution >= 0.6 is 0 Å². The van der Waals surface area contributed by atoms with Crippen LogP contribution in [0.2, 0.25) is 0 Å². The van der Waals surface area contributed by atoms with E-state index in [1.54, 1.807) is 0 Å². The summed E-state index contributed by atoms with van der Waals surface area (Å²) < 4.78 is 1.50. The van der Waals surface area contributed by atoms with Gasteiger partial charge in [-0.05, 0) is 0 Å². The highest BCUT2D eigenvalue weighted by molar-refractivity contribution is 4.66. The molecule has 2 saturated heterocycles. The van der Waals surface area contributed by atoms with Gasteiger partial charge >= 0.3 is 0 Å². The van der Waals surface area contributed by atoms with E-state index in [0.29, 0.717) is 0 Å². The van der Waals surface area contributed by atoms with E-state index in [-0.39, 0.29) is 0 Å². The molecule has 2 aliphatic heterocycles. The third-order valence-electron chi connectivity index (χ3n) is 1.71. The zero-order chi connectivity index (χ0) is 3.33. The molecule has 0 saturated carbocycles. The largest absolute Gasteiger partial charge is 0.305 e. The van der Waals surface area contributed by atoms with Crippen molar-refractivity contribution in [2.24, 2.45) is 0 Å². The average molecular weight is 70.1 g/mol. The molecule has 0 amide bonds. The first-order valence-electron chi connectivity index (χ1n) is 2.26. The summed E-state index contributed by atoms with van der Waals surface area (Å²) in [6, 6.07) is 0. The minimum absolute atomic E-state index is 1.50. The monoisotopic (exact) mass is 70.1 g/mol. The quantitative estimate of drug-likeness (QED) is 0.274. The van der Waals surface area contributed by atoms with Crippen molar-refractivity contribution < 1.29 is 4.48 Å². The number of hydrogen-bond acceptors (Lipinski definition) is 0. The van der Waals surface area contributed by atoms with Crippen molar-refractivity contribution in [3.8, 4) is 0 Å². The Morgan fingerprint density at radius 2 is 1.20 bits per heavy atom. The van der Waals surface area contributed by atoms with Crippen LogP contribution in [0.1, 0.15) is 0 Å². The first kappa shape index (κ1) is 2.19. The van der Waals surface area contributed by atoms with Crippen molar-refractivity contribution in [3.63, 3.8) is 0 Å². The Kier molecular flexibility index (Phi) is 0.153. The molecule has 0 unspecified atom stereocenters. The molecular weight excluding hydrogens is 62.1 g/mol. The highest BCUT2D eigenvalue weighted by Crippen LogP contribution is 2.31. The van der Waals surface area contributed by atoms with Crippen LogP contribution in [0.15, 0.2) is 0 Å². The Bertz CT molecular complexity index is 46.5. The van der Waals surface area contributed by atoms with Crippen LogP contribution in [0.25, 0.3) is 0 Å². The lowest BCUT2D eigenvalue weighted by Crippen LogP contribution is -1.85. The van der Waals surface area contributed by atoms with Gasteiger partial charge in [0.15, 0.2) is 0 Å². The Hall–Kier alpha value is -0.0400. The minimum Gasteiger partial charge on any atom is -0.305 e. The summed E-state index contributed by atoms with van der Waals surface area (Å²) in [4.78, 5) is 0. The SMILES string of the molecule is C1C[N+]12CC2. The van der Waals surface area contributed by atoms with Gasteiger partial charge in [0.25, 0.3) is 0 Å². The van der Waals surface area contributed by atoms with Crippen molar-refractivity contribution in [2.75, 3.05) is 26.2 Å². The molecule has 0 aromatic heterocycles. The molecule has 28 valence electrons. The maximum Gasteiger partial charge on any atom is 0.129 e. The molecule has 2 rings (SSSR count). The highest BCUT2D eigenvalue weighted by Gasteiger charge is 2.54. The predicted molar refractivity (Wildman–Crippen MR) is 19.7 cm³/mol. The van der Waals surface area contributed by atoms with Crippen molar-refractivity contribution in [1.82, 2.24) is 0 Å². The Morgan fingerprint density at radius 1 is 0.800 bits per heavy atom. The first-order valence-corrected chi connectivity index (χ1v) is 2.26. The van der Waals surface area contributed by atoms with E-state index in [0.717, 1.165) is 0 Å². The van der Waals surface area contributed by atoms with E-state index in [2.05, 4.69) is 0 Å². The van der Waals surface area contributed by atoms with Crippen molar-refractivity contribution in [2.45, 2.75) is 0 Å². The van der Waals surface area contributed by atoms with Gasteiger partial charge in [0.1, 0.15) is 26.2 Å². The summed E-state index contributed by atoms with van der Waals surface area (Å²) in [6.45, 7) is 6.00. The Labute approximate surface area is 31.8 Å². The minimum atomic E-state index is 1.50. The molecule has 0 aromatic carbocycles. The predicted octanol–water partition coefficient (Wildman–Crippen LogP) is -0.170. The number of nitrogens with zero attached hydrogens (tertiary/aromatic N) is 1. The Morgan fingerprint density at radius 3 is 1.20 bits per heavy atom. The normalized spacial score (nSPS) is 38.4. The molecule has 2 heterocycles. The van der Waals surface area contributed by atoms with E-state index >= 15 is 0 Å². The molecule has 2 aliphatic rings. The fourth-order valence-corrected chi connectivity index (χ4v) is 0.730. The lowest BCUT2D eigenvalue weighted by Gasteiger charge is -1.71. The first-order chi connectivity index (χ1) is 2.41. The number of hydrogen-bond donors (Lipinski definition) is 0. The van der Waals surface area contributed by atoms with Crippen LogP contribution in [0.5, 0.6) is 0 Å². The second-order valence-electron chi connectivity index (χ2n) is 2.24. The fraction of sp³-hybridized carbons (Fsp3) is 1.00. The molecule has 1 spiro atoms. The van der Waals surface area contributed by atoms with Crippen molar-refractivity contribution in [3.05, 3.63) is 0 Å². The summed E-state index contributed by atoms with van der Waals surface area (Å²) in [5.41, 5.74) is 0. The molecule has 1 nitrogen and oxygen atoms in total. The zero-order valence-corrected chi connectivity index (χ0v) is 3.28.